The molecule has 2 fully saturated rings. The zero-order valence-electron chi connectivity index (χ0n) is 15.4. The van der Waals surface area contributed by atoms with Gasteiger partial charge in [0.1, 0.15) is 5.75 Å². The average molecular weight is 378 g/mol. The molecule has 0 saturated carbocycles. The molecule has 0 aromatic heterocycles. The molecule has 0 aliphatic carbocycles. The van der Waals surface area contributed by atoms with E-state index in [1.54, 1.807) is 11.8 Å². The van der Waals surface area contributed by atoms with Gasteiger partial charge in [0.2, 0.25) is 5.91 Å². The fourth-order valence-corrected chi connectivity index (χ4v) is 4.18. The highest BCUT2D eigenvalue weighted by molar-refractivity contribution is 7.99. The van der Waals surface area contributed by atoms with Gasteiger partial charge in [-0.05, 0) is 49.4 Å². The van der Waals surface area contributed by atoms with Gasteiger partial charge in [-0.15, -0.1) is 11.8 Å². The van der Waals surface area contributed by atoms with Crippen molar-refractivity contribution in [2.45, 2.75) is 26.3 Å². The fraction of sp³-hybridized carbons (Fsp3) is 0.579. The van der Waals surface area contributed by atoms with E-state index in [0.717, 1.165) is 36.7 Å². The lowest BCUT2D eigenvalue weighted by Gasteiger charge is -2.19. The van der Waals surface area contributed by atoms with Crippen molar-refractivity contribution >= 4 is 23.6 Å². The molecule has 2 amide bonds. The summed E-state index contributed by atoms with van der Waals surface area (Å²) in [5.74, 6) is 2.88. The van der Waals surface area contributed by atoms with Crippen molar-refractivity contribution in [3.63, 3.8) is 0 Å². The van der Waals surface area contributed by atoms with Crippen LogP contribution in [0.3, 0.4) is 0 Å². The molecule has 0 radical (unpaired) electrons. The highest BCUT2D eigenvalue weighted by atomic mass is 32.2. The van der Waals surface area contributed by atoms with E-state index in [-0.39, 0.29) is 30.4 Å². The van der Waals surface area contributed by atoms with E-state index < -0.39 is 0 Å². The molecule has 1 aromatic carbocycles. The minimum Gasteiger partial charge on any atom is -0.484 e. The summed E-state index contributed by atoms with van der Waals surface area (Å²) in [4.78, 5) is 26.3. The Labute approximate surface area is 159 Å². The quantitative estimate of drug-likeness (QED) is 0.782. The Hall–Kier alpha value is -1.73. The molecule has 6 nitrogen and oxygen atoms in total. The Bertz CT molecular complexity index is 661. The number of hydrogen-bond acceptors (Lipinski definition) is 5. The highest BCUT2D eigenvalue weighted by Gasteiger charge is 2.33. The van der Waals surface area contributed by atoms with E-state index in [1.165, 1.54) is 5.56 Å². The molecule has 26 heavy (non-hydrogen) atoms. The molecule has 2 unspecified atom stereocenters. The second kappa shape index (κ2) is 8.77. The topological polar surface area (TPSA) is 70.7 Å². The normalized spacial score (nSPS) is 22.5. The molecule has 2 heterocycles. The molecule has 0 spiro atoms. The predicted octanol–water partition coefficient (Wildman–Crippen LogP) is 1.31. The zero-order chi connectivity index (χ0) is 18.5. The Morgan fingerprint density at radius 2 is 2.19 bits per heavy atom. The lowest BCUT2D eigenvalue weighted by Crippen LogP contribution is -2.42. The van der Waals surface area contributed by atoms with Crippen LogP contribution in [0.5, 0.6) is 5.75 Å². The molecule has 2 aliphatic rings. The summed E-state index contributed by atoms with van der Waals surface area (Å²) in [7, 11) is 0. The third-order valence-corrected chi connectivity index (χ3v) is 5.99. The van der Waals surface area contributed by atoms with Gasteiger partial charge in [-0.1, -0.05) is 6.07 Å². The van der Waals surface area contributed by atoms with Gasteiger partial charge >= 0.3 is 0 Å². The summed E-state index contributed by atoms with van der Waals surface area (Å²) < 4.78 is 5.55. The molecule has 0 bridgehead atoms. The lowest BCUT2D eigenvalue weighted by molar-refractivity contribution is -0.131. The van der Waals surface area contributed by atoms with Gasteiger partial charge in [-0.2, -0.15) is 0 Å². The average Bonchev–Trinajstić information content (AvgIpc) is 3.32. The van der Waals surface area contributed by atoms with Crippen LogP contribution in [0.25, 0.3) is 0 Å². The summed E-state index contributed by atoms with van der Waals surface area (Å²) in [6.45, 7) is 6.25. The number of carbonyl (C=O) groups excluding carboxylic acids is 2. The summed E-state index contributed by atoms with van der Waals surface area (Å²) >= 11 is 1.80. The number of amides is 2. The van der Waals surface area contributed by atoms with Crippen LogP contribution in [0.4, 0.5) is 0 Å². The van der Waals surface area contributed by atoms with Gasteiger partial charge in [-0.25, -0.2) is 0 Å². The Morgan fingerprint density at radius 1 is 1.35 bits per heavy atom. The number of rotatable bonds is 6. The summed E-state index contributed by atoms with van der Waals surface area (Å²) in [6.07, 6.45) is 0.776. The van der Waals surface area contributed by atoms with E-state index in [4.69, 9.17) is 4.74 Å². The van der Waals surface area contributed by atoms with Crippen molar-refractivity contribution in [2.75, 3.05) is 37.9 Å². The maximum atomic E-state index is 12.4. The van der Waals surface area contributed by atoms with Crippen molar-refractivity contribution in [1.29, 1.82) is 0 Å². The summed E-state index contributed by atoms with van der Waals surface area (Å²) in [5.41, 5.74) is 2.35. The largest absolute Gasteiger partial charge is 0.484 e. The molecule has 1 aromatic rings. The summed E-state index contributed by atoms with van der Waals surface area (Å²) in [5, 5.41) is 6.21. The Morgan fingerprint density at radius 3 is 2.92 bits per heavy atom. The first-order valence-electron chi connectivity index (χ1n) is 9.09. The monoisotopic (exact) mass is 377 g/mol. The smallest absolute Gasteiger partial charge is 0.257 e. The number of ether oxygens (including phenoxy) is 1. The van der Waals surface area contributed by atoms with Crippen LogP contribution in [0.2, 0.25) is 0 Å². The Balaban J connectivity index is 1.36. The van der Waals surface area contributed by atoms with Gasteiger partial charge in [0.05, 0.1) is 11.9 Å². The van der Waals surface area contributed by atoms with Crippen molar-refractivity contribution in [3.8, 4) is 5.75 Å². The van der Waals surface area contributed by atoms with Crippen molar-refractivity contribution < 1.29 is 14.3 Å². The minimum absolute atomic E-state index is 0.00993. The number of nitrogens with zero attached hydrogens (tertiary/aromatic N) is 1. The maximum Gasteiger partial charge on any atom is 0.257 e. The van der Waals surface area contributed by atoms with Gasteiger partial charge < -0.3 is 20.3 Å². The van der Waals surface area contributed by atoms with Crippen LogP contribution < -0.4 is 15.4 Å². The molecule has 2 atom stereocenters. The minimum atomic E-state index is -0.131. The molecule has 3 rings (SSSR count). The van der Waals surface area contributed by atoms with Gasteiger partial charge in [0.25, 0.3) is 5.91 Å². The summed E-state index contributed by atoms with van der Waals surface area (Å²) in [6, 6.07) is 5.70. The molecule has 2 aliphatic heterocycles. The van der Waals surface area contributed by atoms with Crippen LogP contribution in [0.1, 0.15) is 17.5 Å². The van der Waals surface area contributed by atoms with Crippen molar-refractivity contribution in [1.82, 2.24) is 15.5 Å². The fourth-order valence-electron chi connectivity index (χ4n) is 3.22. The van der Waals surface area contributed by atoms with Crippen LogP contribution in [-0.4, -0.2) is 60.6 Å². The maximum absolute atomic E-state index is 12.4. The number of benzene rings is 1. The van der Waals surface area contributed by atoms with Gasteiger partial charge in [0.15, 0.2) is 6.61 Å². The Kier molecular flexibility index (Phi) is 6.43. The number of carbonyl (C=O) groups is 2. The van der Waals surface area contributed by atoms with E-state index in [1.807, 2.05) is 36.9 Å². The third-order valence-electron chi connectivity index (χ3n) is 5.02. The van der Waals surface area contributed by atoms with Gasteiger partial charge in [0, 0.05) is 25.4 Å². The van der Waals surface area contributed by atoms with Crippen LogP contribution in [-0.2, 0) is 9.59 Å². The molecule has 2 saturated heterocycles. The lowest BCUT2D eigenvalue weighted by atomic mass is 10.1. The van der Waals surface area contributed by atoms with E-state index >= 15 is 0 Å². The predicted molar refractivity (Wildman–Crippen MR) is 103 cm³/mol. The molecular weight excluding hydrogens is 350 g/mol. The second-order valence-electron chi connectivity index (χ2n) is 7.04. The van der Waals surface area contributed by atoms with E-state index in [2.05, 4.69) is 10.6 Å². The molecule has 7 heteroatoms. The first-order chi connectivity index (χ1) is 12.5. The van der Waals surface area contributed by atoms with Crippen molar-refractivity contribution in [2.24, 2.45) is 5.92 Å². The standard InChI is InChI=1S/C19H27N3O3S/c1-13-3-4-16(7-14(13)2)25-11-18(23)21-10-15-8-17(20-9-15)19(24)22-5-6-26-12-22/h3-4,7,15,17,20H,5-6,8-12H2,1-2H3,(H,21,23). The number of aryl methyl sites for hydroxylation is 2. The van der Waals surface area contributed by atoms with E-state index in [0.29, 0.717) is 12.3 Å². The van der Waals surface area contributed by atoms with Gasteiger partial charge in [-0.3, -0.25) is 9.59 Å². The number of thioether (sulfide) groups is 1. The second-order valence-corrected chi connectivity index (χ2v) is 8.12. The van der Waals surface area contributed by atoms with Crippen molar-refractivity contribution in [3.05, 3.63) is 29.3 Å². The zero-order valence-corrected chi connectivity index (χ0v) is 16.2. The first-order valence-corrected chi connectivity index (χ1v) is 10.2. The van der Waals surface area contributed by atoms with Crippen LogP contribution >= 0.6 is 11.8 Å². The highest BCUT2D eigenvalue weighted by Crippen LogP contribution is 2.20. The van der Waals surface area contributed by atoms with E-state index in [9.17, 15) is 9.59 Å². The van der Waals surface area contributed by atoms with Crippen LogP contribution in [0.15, 0.2) is 18.2 Å². The first kappa shape index (κ1) is 19.0. The van der Waals surface area contributed by atoms with Crippen LogP contribution in [0, 0.1) is 19.8 Å². The third kappa shape index (κ3) is 4.92. The SMILES string of the molecule is Cc1ccc(OCC(=O)NCC2CNC(C(=O)N3CCSC3)C2)cc1C. The molecule has 142 valence electrons. The number of hydrogen-bond donors (Lipinski definition) is 2. The molecule has 2 N–H and O–H groups in total. The number of nitrogens with one attached hydrogen (secondary N) is 2. The molecular formula is C19H27N3O3S.